The van der Waals surface area contributed by atoms with Gasteiger partial charge in [-0.05, 0) is 55.3 Å². The van der Waals surface area contributed by atoms with E-state index in [4.69, 9.17) is 5.73 Å². The Bertz CT molecular complexity index is 638. The second-order valence-corrected chi connectivity index (χ2v) is 5.34. The highest BCUT2D eigenvalue weighted by Crippen LogP contribution is 2.20. The van der Waals surface area contributed by atoms with Crippen molar-refractivity contribution in [3.8, 4) is 0 Å². The van der Waals surface area contributed by atoms with Gasteiger partial charge in [0.25, 0.3) is 5.91 Å². The number of aryl methyl sites for hydroxylation is 2. The van der Waals surface area contributed by atoms with E-state index >= 15 is 0 Å². The summed E-state index contributed by atoms with van der Waals surface area (Å²) in [6.07, 6.45) is 0. The fraction of sp³-hybridized carbons (Fsp3) is 0.133. The first-order chi connectivity index (χ1) is 8.97. The van der Waals surface area contributed by atoms with Crippen LogP contribution in [0.15, 0.2) is 40.9 Å². The molecule has 0 atom stereocenters. The summed E-state index contributed by atoms with van der Waals surface area (Å²) in [5.41, 5.74) is 9.84. The highest BCUT2D eigenvalue weighted by Gasteiger charge is 2.08. The molecule has 19 heavy (non-hydrogen) atoms. The van der Waals surface area contributed by atoms with Crippen molar-refractivity contribution in [1.82, 2.24) is 0 Å². The molecule has 3 N–H and O–H groups in total. The van der Waals surface area contributed by atoms with Crippen molar-refractivity contribution < 1.29 is 4.79 Å². The van der Waals surface area contributed by atoms with Gasteiger partial charge in [0.2, 0.25) is 0 Å². The molecule has 0 aliphatic carbocycles. The molecule has 3 nitrogen and oxygen atoms in total. The number of halogens is 1. The molecular formula is C15H15BrN2O. The number of nitrogens with two attached hydrogens (primary N) is 1. The van der Waals surface area contributed by atoms with Crippen molar-refractivity contribution in [2.75, 3.05) is 11.1 Å². The van der Waals surface area contributed by atoms with Crippen LogP contribution in [0, 0.1) is 13.8 Å². The predicted molar refractivity (Wildman–Crippen MR) is 82.4 cm³/mol. The van der Waals surface area contributed by atoms with Gasteiger partial charge in [-0.25, -0.2) is 0 Å². The molecule has 98 valence electrons. The number of carbonyl (C=O) groups is 1. The fourth-order valence-corrected chi connectivity index (χ4v) is 1.95. The zero-order chi connectivity index (χ0) is 14.0. The van der Waals surface area contributed by atoms with Gasteiger partial charge in [0.1, 0.15) is 0 Å². The first-order valence-corrected chi connectivity index (χ1v) is 6.70. The van der Waals surface area contributed by atoms with Crippen molar-refractivity contribution in [1.29, 1.82) is 0 Å². The summed E-state index contributed by atoms with van der Waals surface area (Å²) in [6.45, 7) is 3.88. The highest BCUT2D eigenvalue weighted by atomic mass is 79.9. The van der Waals surface area contributed by atoms with Crippen LogP contribution in [0.4, 0.5) is 11.4 Å². The molecule has 2 aromatic rings. The molecule has 0 unspecified atom stereocenters. The van der Waals surface area contributed by atoms with E-state index in [2.05, 4.69) is 21.2 Å². The molecule has 0 bridgehead atoms. The summed E-state index contributed by atoms with van der Waals surface area (Å²) in [6, 6.07) is 11.0. The normalized spacial score (nSPS) is 10.3. The molecule has 0 heterocycles. The van der Waals surface area contributed by atoms with E-state index in [-0.39, 0.29) is 5.91 Å². The number of hydrogen-bond acceptors (Lipinski definition) is 2. The van der Waals surface area contributed by atoms with Crippen LogP contribution < -0.4 is 11.1 Å². The largest absolute Gasteiger partial charge is 0.398 e. The maximum atomic E-state index is 12.1. The third-order valence-electron chi connectivity index (χ3n) is 2.96. The number of hydrogen-bond donors (Lipinski definition) is 2. The minimum Gasteiger partial charge on any atom is -0.398 e. The van der Waals surface area contributed by atoms with E-state index in [0.29, 0.717) is 16.9 Å². The number of amides is 1. The summed E-state index contributed by atoms with van der Waals surface area (Å²) in [4.78, 5) is 12.1. The second kappa shape index (κ2) is 5.45. The molecule has 4 heteroatoms. The van der Waals surface area contributed by atoms with Crippen molar-refractivity contribution in [2.24, 2.45) is 0 Å². The smallest absolute Gasteiger partial charge is 0.255 e. The average Bonchev–Trinajstić information content (AvgIpc) is 2.37. The van der Waals surface area contributed by atoms with E-state index in [1.807, 2.05) is 38.1 Å². The molecule has 0 saturated carbocycles. The van der Waals surface area contributed by atoms with Gasteiger partial charge in [-0.15, -0.1) is 0 Å². The van der Waals surface area contributed by atoms with Gasteiger partial charge in [0.05, 0.1) is 0 Å². The zero-order valence-corrected chi connectivity index (χ0v) is 12.4. The average molecular weight is 319 g/mol. The van der Waals surface area contributed by atoms with Crippen LogP contribution in [-0.4, -0.2) is 5.91 Å². The maximum absolute atomic E-state index is 12.1. The van der Waals surface area contributed by atoms with Crippen LogP contribution in [0.25, 0.3) is 0 Å². The first-order valence-electron chi connectivity index (χ1n) is 5.91. The van der Waals surface area contributed by atoms with Crippen molar-refractivity contribution in [3.63, 3.8) is 0 Å². The Morgan fingerprint density at radius 1 is 1.11 bits per heavy atom. The maximum Gasteiger partial charge on any atom is 0.255 e. The van der Waals surface area contributed by atoms with Crippen molar-refractivity contribution in [3.05, 3.63) is 57.6 Å². The summed E-state index contributed by atoms with van der Waals surface area (Å²) in [5, 5.41) is 2.84. The highest BCUT2D eigenvalue weighted by molar-refractivity contribution is 9.10. The summed E-state index contributed by atoms with van der Waals surface area (Å²) in [7, 11) is 0. The third-order valence-corrected chi connectivity index (χ3v) is 3.85. The summed E-state index contributed by atoms with van der Waals surface area (Å²) >= 11 is 3.41. The lowest BCUT2D eigenvalue weighted by atomic mass is 10.1. The molecule has 0 aliphatic rings. The van der Waals surface area contributed by atoms with Crippen LogP contribution >= 0.6 is 15.9 Å². The number of rotatable bonds is 2. The van der Waals surface area contributed by atoms with E-state index in [1.54, 1.807) is 12.1 Å². The number of carbonyl (C=O) groups excluding carboxylic acids is 1. The van der Waals surface area contributed by atoms with Gasteiger partial charge in [-0.3, -0.25) is 4.79 Å². The number of benzene rings is 2. The Balaban J connectivity index is 2.20. The van der Waals surface area contributed by atoms with E-state index < -0.39 is 0 Å². The molecule has 0 radical (unpaired) electrons. The first kappa shape index (κ1) is 13.6. The SMILES string of the molecule is Cc1ccc(NC(=O)c2ccc(Br)c(C)c2)cc1N. The fourth-order valence-electron chi connectivity index (χ4n) is 1.71. The van der Waals surface area contributed by atoms with Crippen LogP contribution in [-0.2, 0) is 0 Å². The monoisotopic (exact) mass is 318 g/mol. The second-order valence-electron chi connectivity index (χ2n) is 4.49. The van der Waals surface area contributed by atoms with Crippen LogP contribution in [0.3, 0.4) is 0 Å². The van der Waals surface area contributed by atoms with Gasteiger partial charge < -0.3 is 11.1 Å². The van der Waals surface area contributed by atoms with Gasteiger partial charge in [-0.1, -0.05) is 22.0 Å². The molecule has 1 amide bonds. The van der Waals surface area contributed by atoms with Gasteiger partial charge in [0.15, 0.2) is 0 Å². The molecule has 0 spiro atoms. The Kier molecular flexibility index (Phi) is 3.90. The van der Waals surface area contributed by atoms with Crippen LogP contribution in [0.1, 0.15) is 21.5 Å². The molecule has 0 aromatic heterocycles. The molecular weight excluding hydrogens is 304 g/mol. The number of nitrogen functional groups attached to an aromatic ring is 1. The van der Waals surface area contributed by atoms with E-state index in [1.165, 1.54) is 0 Å². The minimum absolute atomic E-state index is 0.140. The Hall–Kier alpha value is -1.81. The number of anilines is 2. The lowest BCUT2D eigenvalue weighted by molar-refractivity contribution is 0.102. The Morgan fingerprint density at radius 2 is 1.84 bits per heavy atom. The van der Waals surface area contributed by atoms with E-state index in [9.17, 15) is 4.79 Å². The van der Waals surface area contributed by atoms with Crippen molar-refractivity contribution in [2.45, 2.75) is 13.8 Å². The number of nitrogens with one attached hydrogen (secondary N) is 1. The van der Waals surface area contributed by atoms with Gasteiger partial charge >= 0.3 is 0 Å². The Labute approximate surface area is 121 Å². The summed E-state index contributed by atoms with van der Waals surface area (Å²) in [5.74, 6) is -0.140. The van der Waals surface area contributed by atoms with Gasteiger partial charge in [-0.2, -0.15) is 0 Å². The predicted octanol–water partition coefficient (Wildman–Crippen LogP) is 3.90. The molecule has 0 fully saturated rings. The zero-order valence-electron chi connectivity index (χ0n) is 10.8. The standard InChI is InChI=1S/C15H15BrN2O/c1-9-3-5-12(8-14(9)17)18-15(19)11-4-6-13(16)10(2)7-11/h3-8H,17H2,1-2H3,(H,18,19). The quantitative estimate of drug-likeness (QED) is 0.825. The molecule has 0 saturated heterocycles. The van der Waals surface area contributed by atoms with Crippen molar-refractivity contribution >= 4 is 33.2 Å². The van der Waals surface area contributed by atoms with Crippen LogP contribution in [0.5, 0.6) is 0 Å². The molecule has 2 aromatic carbocycles. The molecule has 2 rings (SSSR count). The minimum atomic E-state index is -0.140. The molecule has 0 aliphatic heterocycles. The lowest BCUT2D eigenvalue weighted by Gasteiger charge is -2.08. The lowest BCUT2D eigenvalue weighted by Crippen LogP contribution is -2.12. The summed E-state index contributed by atoms with van der Waals surface area (Å²) < 4.78 is 0.989. The third kappa shape index (κ3) is 3.15. The van der Waals surface area contributed by atoms with Crippen LogP contribution in [0.2, 0.25) is 0 Å². The topological polar surface area (TPSA) is 55.1 Å². The van der Waals surface area contributed by atoms with E-state index in [0.717, 1.165) is 15.6 Å². The Morgan fingerprint density at radius 3 is 2.47 bits per heavy atom. The van der Waals surface area contributed by atoms with Gasteiger partial charge in [0, 0.05) is 21.4 Å².